The van der Waals surface area contributed by atoms with Gasteiger partial charge < -0.3 is 10.4 Å². The first-order valence-electron chi connectivity index (χ1n) is 5.78. The van der Waals surface area contributed by atoms with Crippen LogP contribution in [-0.2, 0) is 0 Å². The van der Waals surface area contributed by atoms with Gasteiger partial charge in [-0.05, 0) is 18.6 Å². The summed E-state index contributed by atoms with van der Waals surface area (Å²) < 4.78 is 0. The number of nitrogens with zero attached hydrogens (tertiary/aromatic N) is 1. The summed E-state index contributed by atoms with van der Waals surface area (Å²) in [6, 6.07) is 11.3. The molecule has 5 heteroatoms. The second-order valence-corrected chi connectivity index (χ2v) is 4.54. The molecule has 0 saturated heterocycles. The number of carboxylic acid groups (broad SMARTS) is 1. The van der Waals surface area contributed by atoms with E-state index >= 15 is 0 Å². The number of aromatic carboxylic acids is 1. The lowest BCUT2D eigenvalue weighted by Crippen LogP contribution is -2.09. The van der Waals surface area contributed by atoms with E-state index in [4.69, 9.17) is 16.7 Å². The van der Waals surface area contributed by atoms with E-state index in [1.807, 2.05) is 37.3 Å². The van der Waals surface area contributed by atoms with Gasteiger partial charge >= 0.3 is 5.97 Å². The topological polar surface area (TPSA) is 62.2 Å². The van der Waals surface area contributed by atoms with Crippen molar-refractivity contribution < 1.29 is 9.90 Å². The molecule has 1 atom stereocenters. The van der Waals surface area contributed by atoms with Crippen LogP contribution in [0.5, 0.6) is 0 Å². The number of nitrogens with one attached hydrogen (secondary N) is 1. The fraction of sp³-hybridized carbons (Fsp3) is 0.143. The summed E-state index contributed by atoms with van der Waals surface area (Å²) in [5.74, 6) is -0.569. The molecule has 19 heavy (non-hydrogen) atoms. The Kier molecular flexibility index (Phi) is 4.02. The van der Waals surface area contributed by atoms with Crippen molar-refractivity contribution in [1.29, 1.82) is 0 Å². The van der Waals surface area contributed by atoms with Crippen LogP contribution in [0.1, 0.15) is 28.9 Å². The molecule has 1 aromatic carbocycles. The number of carbonyl (C=O) groups is 1. The lowest BCUT2D eigenvalue weighted by molar-refractivity contribution is 0.0696. The Bertz CT molecular complexity index is 587. The molecule has 2 N–H and O–H groups in total. The Labute approximate surface area is 116 Å². The highest BCUT2D eigenvalue weighted by molar-refractivity contribution is 6.33. The van der Waals surface area contributed by atoms with Gasteiger partial charge in [0.25, 0.3) is 0 Å². The number of hydrogen-bond acceptors (Lipinski definition) is 3. The van der Waals surface area contributed by atoms with Crippen molar-refractivity contribution >= 4 is 23.4 Å². The van der Waals surface area contributed by atoms with E-state index in [0.29, 0.717) is 10.8 Å². The van der Waals surface area contributed by atoms with Crippen LogP contribution < -0.4 is 5.32 Å². The molecule has 0 bridgehead atoms. The Hall–Kier alpha value is -2.07. The van der Waals surface area contributed by atoms with E-state index in [1.54, 1.807) is 0 Å². The summed E-state index contributed by atoms with van der Waals surface area (Å²) in [5.41, 5.74) is 1.17. The maximum absolute atomic E-state index is 10.8. The second-order valence-electron chi connectivity index (χ2n) is 4.14. The van der Waals surface area contributed by atoms with Crippen LogP contribution in [0.3, 0.4) is 0 Å². The lowest BCUT2D eigenvalue weighted by atomic mass is 10.1. The number of rotatable bonds is 4. The molecule has 0 radical (unpaired) electrons. The van der Waals surface area contributed by atoms with Crippen LogP contribution in [-0.4, -0.2) is 16.1 Å². The summed E-state index contributed by atoms with van der Waals surface area (Å²) in [7, 11) is 0. The largest absolute Gasteiger partial charge is 0.478 e. The Morgan fingerprint density at radius 2 is 2.05 bits per heavy atom. The zero-order valence-electron chi connectivity index (χ0n) is 10.3. The predicted molar refractivity (Wildman–Crippen MR) is 74.7 cm³/mol. The number of anilines is 1. The Balaban J connectivity index is 2.18. The summed E-state index contributed by atoms with van der Waals surface area (Å²) in [6.07, 6.45) is 1.29. The van der Waals surface area contributed by atoms with Crippen LogP contribution >= 0.6 is 11.6 Å². The highest BCUT2D eigenvalue weighted by Crippen LogP contribution is 2.24. The molecule has 0 spiro atoms. The molecule has 0 fully saturated rings. The highest BCUT2D eigenvalue weighted by Gasteiger charge is 2.11. The maximum atomic E-state index is 10.8. The molecule has 0 saturated carbocycles. The first kappa shape index (κ1) is 13.4. The van der Waals surface area contributed by atoms with E-state index in [0.717, 1.165) is 5.56 Å². The van der Waals surface area contributed by atoms with E-state index in [9.17, 15) is 4.79 Å². The number of halogens is 1. The van der Waals surface area contributed by atoms with Gasteiger partial charge in [0.05, 0.1) is 10.6 Å². The van der Waals surface area contributed by atoms with Gasteiger partial charge in [-0.1, -0.05) is 41.9 Å². The minimum absolute atomic E-state index is 0.0295. The molecule has 4 nitrogen and oxygen atoms in total. The van der Waals surface area contributed by atoms with E-state index < -0.39 is 5.97 Å². The third-order valence-electron chi connectivity index (χ3n) is 2.74. The van der Waals surface area contributed by atoms with Gasteiger partial charge in [-0.3, -0.25) is 0 Å². The third-order valence-corrected chi connectivity index (χ3v) is 3.03. The van der Waals surface area contributed by atoms with Crippen molar-refractivity contribution in [2.75, 3.05) is 5.32 Å². The average Bonchev–Trinajstić information content (AvgIpc) is 2.41. The molecule has 0 aliphatic rings. The van der Waals surface area contributed by atoms with Gasteiger partial charge in [-0.25, -0.2) is 9.78 Å². The van der Waals surface area contributed by atoms with Gasteiger partial charge in [0.1, 0.15) is 5.82 Å². The lowest BCUT2D eigenvalue weighted by Gasteiger charge is -2.15. The quantitative estimate of drug-likeness (QED) is 0.895. The average molecular weight is 277 g/mol. The molecule has 2 rings (SSSR count). The van der Waals surface area contributed by atoms with Crippen LogP contribution in [0, 0.1) is 0 Å². The molecule has 1 unspecified atom stereocenters. The number of aromatic nitrogens is 1. The summed E-state index contributed by atoms with van der Waals surface area (Å²) in [6.45, 7) is 1.98. The molecule has 2 aromatic rings. The minimum atomic E-state index is -1.04. The van der Waals surface area contributed by atoms with Crippen LogP contribution in [0.4, 0.5) is 5.82 Å². The van der Waals surface area contributed by atoms with Crippen molar-refractivity contribution in [3.63, 3.8) is 0 Å². The van der Waals surface area contributed by atoms with Crippen molar-refractivity contribution in [2.24, 2.45) is 0 Å². The molecule has 1 heterocycles. The van der Waals surface area contributed by atoms with Gasteiger partial charge in [-0.2, -0.15) is 0 Å². The fourth-order valence-corrected chi connectivity index (χ4v) is 1.91. The number of benzene rings is 1. The van der Waals surface area contributed by atoms with Gasteiger partial charge in [-0.15, -0.1) is 0 Å². The standard InChI is InChI=1S/C14H13ClN2O2/c1-9(10-5-3-2-4-6-10)17-13-12(15)7-11(8-16-13)14(18)19/h2-9H,1H3,(H,16,17)(H,18,19). The highest BCUT2D eigenvalue weighted by atomic mass is 35.5. The number of carboxylic acids is 1. The van der Waals surface area contributed by atoms with Crippen LogP contribution in [0.25, 0.3) is 0 Å². The Morgan fingerprint density at radius 1 is 1.37 bits per heavy atom. The normalized spacial score (nSPS) is 11.9. The first-order chi connectivity index (χ1) is 9.08. The molecular formula is C14H13ClN2O2. The zero-order valence-corrected chi connectivity index (χ0v) is 11.1. The molecule has 0 aliphatic heterocycles. The molecule has 98 valence electrons. The first-order valence-corrected chi connectivity index (χ1v) is 6.16. The van der Waals surface area contributed by atoms with E-state index in [2.05, 4.69) is 10.3 Å². The summed E-state index contributed by atoms with van der Waals surface area (Å²) in [5, 5.41) is 12.3. The minimum Gasteiger partial charge on any atom is -0.478 e. The molecule has 1 aromatic heterocycles. The molecule has 0 aliphatic carbocycles. The smallest absolute Gasteiger partial charge is 0.337 e. The number of pyridine rings is 1. The molecule has 0 amide bonds. The van der Waals surface area contributed by atoms with Gasteiger partial charge in [0.15, 0.2) is 0 Å². The van der Waals surface area contributed by atoms with Crippen molar-refractivity contribution in [2.45, 2.75) is 13.0 Å². The second kappa shape index (κ2) is 5.71. The third kappa shape index (κ3) is 3.23. The summed E-state index contributed by atoms with van der Waals surface area (Å²) in [4.78, 5) is 14.8. The monoisotopic (exact) mass is 276 g/mol. The number of hydrogen-bond donors (Lipinski definition) is 2. The van der Waals surface area contributed by atoms with Crippen molar-refractivity contribution in [3.05, 3.63) is 58.7 Å². The van der Waals surface area contributed by atoms with E-state index in [1.165, 1.54) is 12.3 Å². The SMILES string of the molecule is CC(Nc1ncc(C(=O)O)cc1Cl)c1ccccc1. The Morgan fingerprint density at radius 3 is 2.63 bits per heavy atom. The van der Waals surface area contributed by atoms with Gasteiger partial charge in [0, 0.05) is 12.2 Å². The van der Waals surface area contributed by atoms with Crippen LogP contribution in [0.2, 0.25) is 5.02 Å². The van der Waals surface area contributed by atoms with Crippen molar-refractivity contribution in [3.8, 4) is 0 Å². The predicted octanol–water partition coefficient (Wildman–Crippen LogP) is 3.61. The summed E-state index contributed by atoms with van der Waals surface area (Å²) >= 11 is 6.02. The van der Waals surface area contributed by atoms with Crippen molar-refractivity contribution in [1.82, 2.24) is 4.98 Å². The molecular weight excluding hydrogens is 264 g/mol. The zero-order chi connectivity index (χ0) is 13.8. The maximum Gasteiger partial charge on any atom is 0.337 e. The van der Waals surface area contributed by atoms with Crippen LogP contribution in [0.15, 0.2) is 42.6 Å². The van der Waals surface area contributed by atoms with E-state index in [-0.39, 0.29) is 11.6 Å². The fourth-order valence-electron chi connectivity index (χ4n) is 1.69. The van der Waals surface area contributed by atoms with Gasteiger partial charge in [0.2, 0.25) is 0 Å².